The van der Waals surface area contributed by atoms with E-state index in [2.05, 4.69) is 15.3 Å². The Balaban J connectivity index is 1.29. The fourth-order valence-corrected chi connectivity index (χ4v) is 4.95. The summed E-state index contributed by atoms with van der Waals surface area (Å²) in [4.78, 5) is 20.5. The zero-order valence-electron chi connectivity index (χ0n) is 17.6. The van der Waals surface area contributed by atoms with Crippen molar-refractivity contribution in [2.75, 3.05) is 6.61 Å². The zero-order chi connectivity index (χ0) is 21.6. The number of alkyl halides is 2. The summed E-state index contributed by atoms with van der Waals surface area (Å²) in [6.07, 6.45) is 5.04. The standard InChI is InChI=1S/C23H30F2N4O2/c24-23(25)11-13(12-23)9-19(30)29-21(14-4-5-14)15-6-7-16-17(10-15)28-22(27-16)20(26)18-3-1-2-8-31-18/h6-7,10,13-14,18,20-21H,1-5,8-9,11-12,26H2,(H,27,28)(H,29,30)/t18-,20?,21+/m0/s1. The van der Waals surface area contributed by atoms with Gasteiger partial charge >= 0.3 is 0 Å². The average Bonchev–Trinajstić information content (AvgIpc) is 3.48. The molecule has 5 rings (SSSR count). The van der Waals surface area contributed by atoms with E-state index in [9.17, 15) is 13.6 Å². The van der Waals surface area contributed by atoms with E-state index in [0.717, 1.165) is 61.1 Å². The highest BCUT2D eigenvalue weighted by molar-refractivity contribution is 5.78. The van der Waals surface area contributed by atoms with Gasteiger partial charge in [0.1, 0.15) is 5.82 Å². The van der Waals surface area contributed by atoms with Crippen molar-refractivity contribution in [3.05, 3.63) is 29.6 Å². The third-order valence-electron chi connectivity index (χ3n) is 6.87. The van der Waals surface area contributed by atoms with Crippen molar-refractivity contribution < 1.29 is 18.3 Å². The first-order valence-corrected chi connectivity index (χ1v) is 11.4. The number of carbonyl (C=O) groups excluding carboxylic acids is 1. The van der Waals surface area contributed by atoms with Crippen molar-refractivity contribution in [3.8, 4) is 0 Å². The molecule has 3 atom stereocenters. The van der Waals surface area contributed by atoms with E-state index in [1.807, 2.05) is 18.2 Å². The zero-order valence-corrected chi connectivity index (χ0v) is 17.6. The fraction of sp³-hybridized carbons (Fsp3) is 0.652. The number of aromatic nitrogens is 2. The number of hydrogen-bond acceptors (Lipinski definition) is 4. The monoisotopic (exact) mass is 432 g/mol. The molecule has 31 heavy (non-hydrogen) atoms. The van der Waals surface area contributed by atoms with Gasteiger partial charge in [-0.05, 0) is 61.6 Å². The predicted molar refractivity (Wildman–Crippen MR) is 113 cm³/mol. The number of nitrogens with one attached hydrogen (secondary N) is 2. The molecule has 168 valence electrons. The summed E-state index contributed by atoms with van der Waals surface area (Å²) in [5, 5.41) is 3.10. The second kappa shape index (κ2) is 8.13. The highest BCUT2D eigenvalue weighted by Gasteiger charge is 2.46. The third kappa shape index (κ3) is 4.60. The maximum atomic E-state index is 13.1. The van der Waals surface area contributed by atoms with E-state index < -0.39 is 5.92 Å². The SMILES string of the molecule is NC(c1nc2ccc([C@H](NC(=O)CC3CC(F)(F)C3)C3CC3)cc2[nH]1)[C@@H]1CCCCO1. The van der Waals surface area contributed by atoms with Gasteiger partial charge in [0.05, 0.1) is 29.2 Å². The molecule has 1 amide bonds. The number of imidazole rings is 1. The molecule has 2 aliphatic carbocycles. The van der Waals surface area contributed by atoms with E-state index in [-0.39, 0.29) is 49.3 Å². The van der Waals surface area contributed by atoms with Crippen LogP contribution in [0, 0.1) is 11.8 Å². The Morgan fingerprint density at radius 2 is 2.10 bits per heavy atom. The predicted octanol–water partition coefficient (Wildman–Crippen LogP) is 4.13. The summed E-state index contributed by atoms with van der Waals surface area (Å²) in [6, 6.07) is 5.58. The number of carbonyl (C=O) groups is 1. The summed E-state index contributed by atoms with van der Waals surface area (Å²) in [6.45, 7) is 0.740. The number of ether oxygens (including phenoxy) is 1. The molecule has 8 heteroatoms. The number of aromatic amines is 1. The smallest absolute Gasteiger partial charge is 0.248 e. The van der Waals surface area contributed by atoms with Gasteiger partial charge in [0, 0.05) is 25.9 Å². The molecule has 6 nitrogen and oxygen atoms in total. The van der Waals surface area contributed by atoms with Gasteiger partial charge in [-0.3, -0.25) is 4.79 Å². The summed E-state index contributed by atoms with van der Waals surface area (Å²) in [5.74, 6) is -1.83. The lowest BCUT2D eigenvalue weighted by atomic mass is 9.79. The van der Waals surface area contributed by atoms with Crippen LogP contribution in [0.25, 0.3) is 11.0 Å². The molecule has 2 saturated carbocycles. The molecule has 0 bridgehead atoms. The summed E-state index contributed by atoms with van der Waals surface area (Å²) in [7, 11) is 0. The maximum absolute atomic E-state index is 13.1. The Kier molecular flexibility index (Phi) is 5.46. The maximum Gasteiger partial charge on any atom is 0.248 e. The van der Waals surface area contributed by atoms with E-state index in [0.29, 0.717) is 5.92 Å². The van der Waals surface area contributed by atoms with Crippen LogP contribution in [-0.4, -0.2) is 34.5 Å². The lowest BCUT2D eigenvalue weighted by Crippen LogP contribution is -2.39. The van der Waals surface area contributed by atoms with E-state index in [4.69, 9.17) is 10.5 Å². The van der Waals surface area contributed by atoms with Gasteiger partial charge < -0.3 is 20.8 Å². The van der Waals surface area contributed by atoms with Crippen LogP contribution in [0.4, 0.5) is 8.78 Å². The fourth-order valence-electron chi connectivity index (χ4n) is 4.95. The first kappa shape index (κ1) is 20.8. The van der Waals surface area contributed by atoms with Crippen LogP contribution >= 0.6 is 0 Å². The molecular formula is C23H30F2N4O2. The lowest BCUT2D eigenvalue weighted by Gasteiger charge is -2.34. The number of amides is 1. The van der Waals surface area contributed by atoms with Gasteiger partial charge in [-0.2, -0.15) is 0 Å². The number of hydrogen-bond donors (Lipinski definition) is 3. The van der Waals surface area contributed by atoms with Crippen molar-refractivity contribution >= 4 is 16.9 Å². The first-order valence-electron chi connectivity index (χ1n) is 11.4. The van der Waals surface area contributed by atoms with Gasteiger partial charge in [-0.25, -0.2) is 13.8 Å². The van der Waals surface area contributed by atoms with Gasteiger partial charge in [0.15, 0.2) is 0 Å². The van der Waals surface area contributed by atoms with Crippen LogP contribution in [0.1, 0.15) is 74.8 Å². The Bertz CT molecular complexity index is 944. The number of benzene rings is 1. The van der Waals surface area contributed by atoms with Gasteiger partial charge in [0.2, 0.25) is 11.8 Å². The molecule has 1 aliphatic heterocycles. The van der Waals surface area contributed by atoms with Gasteiger partial charge in [0.25, 0.3) is 0 Å². The molecule has 0 spiro atoms. The third-order valence-corrected chi connectivity index (χ3v) is 6.87. The van der Waals surface area contributed by atoms with Crippen LogP contribution in [-0.2, 0) is 9.53 Å². The van der Waals surface area contributed by atoms with Crippen LogP contribution in [0.3, 0.4) is 0 Å². The number of halogens is 2. The molecule has 1 saturated heterocycles. The van der Waals surface area contributed by atoms with Crippen molar-refractivity contribution in [3.63, 3.8) is 0 Å². The summed E-state index contributed by atoms with van der Waals surface area (Å²) < 4.78 is 32.0. The highest BCUT2D eigenvalue weighted by atomic mass is 19.3. The number of H-pyrrole nitrogens is 1. The number of rotatable bonds is 7. The van der Waals surface area contributed by atoms with Gasteiger partial charge in [-0.1, -0.05) is 6.07 Å². The normalized spacial score (nSPS) is 25.7. The van der Waals surface area contributed by atoms with Crippen LogP contribution in [0.5, 0.6) is 0 Å². The first-order chi connectivity index (χ1) is 14.9. The molecule has 4 N–H and O–H groups in total. The Labute approximate surface area is 180 Å². The number of nitrogens with zero attached hydrogens (tertiary/aromatic N) is 1. The topological polar surface area (TPSA) is 93.0 Å². The minimum atomic E-state index is -2.59. The molecule has 1 unspecified atom stereocenters. The van der Waals surface area contributed by atoms with E-state index in [1.165, 1.54) is 0 Å². The number of fused-ring (bicyclic) bond motifs is 1. The summed E-state index contributed by atoms with van der Waals surface area (Å²) in [5.41, 5.74) is 9.15. The molecule has 0 radical (unpaired) electrons. The quantitative estimate of drug-likeness (QED) is 0.613. The highest BCUT2D eigenvalue weighted by Crippen LogP contribution is 2.45. The Morgan fingerprint density at radius 3 is 2.77 bits per heavy atom. The Morgan fingerprint density at radius 1 is 1.29 bits per heavy atom. The Hall–Kier alpha value is -2.06. The van der Waals surface area contributed by atoms with Gasteiger partial charge in [-0.15, -0.1) is 0 Å². The number of nitrogens with two attached hydrogens (primary N) is 1. The molecule has 3 aliphatic rings. The van der Waals surface area contributed by atoms with Crippen LogP contribution < -0.4 is 11.1 Å². The van der Waals surface area contributed by atoms with E-state index in [1.54, 1.807) is 0 Å². The molecule has 1 aromatic heterocycles. The van der Waals surface area contributed by atoms with Crippen molar-refractivity contribution in [2.45, 2.75) is 75.5 Å². The second-order valence-electron chi connectivity index (χ2n) is 9.55. The second-order valence-corrected chi connectivity index (χ2v) is 9.55. The molecule has 2 aromatic rings. The summed E-state index contributed by atoms with van der Waals surface area (Å²) >= 11 is 0. The van der Waals surface area contributed by atoms with Crippen LogP contribution in [0.15, 0.2) is 18.2 Å². The molecule has 3 fully saturated rings. The molecule has 2 heterocycles. The largest absolute Gasteiger partial charge is 0.376 e. The minimum absolute atomic E-state index is 0.0221. The van der Waals surface area contributed by atoms with Crippen LogP contribution in [0.2, 0.25) is 0 Å². The van der Waals surface area contributed by atoms with Crippen molar-refractivity contribution in [1.29, 1.82) is 0 Å². The minimum Gasteiger partial charge on any atom is -0.376 e. The molecule has 1 aromatic carbocycles. The lowest BCUT2D eigenvalue weighted by molar-refractivity contribution is -0.134. The van der Waals surface area contributed by atoms with Crippen molar-refractivity contribution in [2.24, 2.45) is 17.6 Å². The van der Waals surface area contributed by atoms with E-state index >= 15 is 0 Å². The van der Waals surface area contributed by atoms with Crippen molar-refractivity contribution in [1.82, 2.24) is 15.3 Å². The average molecular weight is 433 g/mol. The molecular weight excluding hydrogens is 402 g/mol.